The molecule has 0 N–H and O–H groups in total. The zero-order valence-corrected chi connectivity index (χ0v) is 13.5. The average Bonchev–Trinajstić information content (AvgIpc) is 3.34. The van der Waals surface area contributed by atoms with Gasteiger partial charge in [-0.25, -0.2) is 4.98 Å². The molecule has 0 unspecified atom stereocenters. The molecule has 1 saturated carbocycles. The number of rotatable bonds is 8. The van der Waals surface area contributed by atoms with Crippen LogP contribution in [-0.4, -0.2) is 40.6 Å². The molecular weight excluding hydrogens is 290 g/mol. The number of aromatic nitrogens is 2. The van der Waals surface area contributed by atoms with Crippen molar-refractivity contribution in [3.8, 4) is 0 Å². The molecule has 3 rings (SSSR count). The third-order valence-electron chi connectivity index (χ3n) is 4.13. The molecule has 1 amide bonds. The molecule has 122 valence electrons. The summed E-state index contributed by atoms with van der Waals surface area (Å²) in [5.41, 5.74) is 1.23. The Balaban J connectivity index is 1.70. The first-order valence-corrected chi connectivity index (χ1v) is 8.09. The van der Waals surface area contributed by atoms with Gasteiger partial charge in [0.15, 0.2) is 0 Å². The van der Waals surface area contributed by atoms with E-state index in [1.807, 2.05) is 29.3 Å². The second-order valence-corrected chi connectivity index (χ2v) is 5.98. The van der Waals surface area contributed by atoms with Crippen molar-refractivity contribution in [2.75, 3.05) is 20.3 Å². The van der Waals surface area contributed by atoms with Crippen LogP contribution in [0.1, 0.15) is 24.2 Å². The fourth-order valence-electron chi connectivity index (χ4n) is 2.64. The highest BCUT2D eigenvalue weighted by atomic mass is 16.5. The van der Waals surface area contributed by atoms with Gasteiger partial charge in [-0.1, -0.05) is 30.3 Å². The van der Waals surface area contributed by atoms with Crippen LogP contribution >= 0.6 is 0 Å². The lowest BCUT2D eigenvalue weighted by molar-refractivity contribution is -0.134. The number of hydrogen-bond acceptors (Lipinski definition) is 3. The van der Waals surface area contributed by atoms with E-state index in [0.29, 0.717) is 19.7 Å². The van der Waals surface area contributed by atoms with Gasteiger partial charge in [0.1, 0.15) is 5.82 Å². The standard InChI is InChI=1S/C18H23N3O2/c1-23-12-11-21(18(22)16-7-8-16)14-17-19-9-10-20(17)13-15-5-3-2-4-6-15/h2-6,9-10,16H,7-8,11-14H2,1H3. The van der Waals surface area contributed by atoms with Gasteiger partial charge in [-0.15, -0.1) is 0 Å². The van der Waals surface area contributed by atoms with Gasteiger partial charge in [-0.3, -0.25) is 4.79 Å². The fraction of sp³-hybridized carbons (Fsp3) is 0.444. The van der Waals surface area contributed by atoms with E-state index in [4.69, 9.17) is 4.74 Å². The Hall–Kier alpha value is -2.14. The van der Waals surface area contributed by atoms with Crippen LogP contribution in [0, 0.1) is 5.92 Å². The molecule has 0 saturated heterocycles. The van der Waals surface area contributed by atoms with Crippen molar-refractivity contribution in [3.05, 3.63) is 54.1 Å². The number of hydrogen-bond donors (Lipinski definition) is 0. The first-order valence-electron chi connectivity index (χ1n) is 8.09. The van der Waals surface area contributed by atoms with E-state index in [0.717, 1.165) is 25.2 Å². The predicted octanol–water partition coefficient (Wildman–Crippen LogP) is 2.32. The maximum atomic E-state index is 12.4. The Labute approximate surface area is 136 Å². The minimum Gasteiger partial charge on any atom is -0.383 e. The van der Waals surface area contributed by atoms with Crippen molar-refractivity contribution in [2.45, 2.75) is 25.9 Å². The molecule has 1 fully saturated rings. The van der Waals surface area contributed by atoms with E-state index in [-0.39, 0.29) is 11.8 Å². The Morgan fingerprint density at radius 1 is 1.35 bits per heavy atom. The summed E-state index contributed by atoms with van der Waals surface area (Å²) in [5, 5.41) is 0. The number of amides is 1. The zero-order valence-electron chi connectivity index (χ0n) is 13.5. The van der Waals surface area contributed by atoms with Crippen LogP contribution < -0.4 is 0 Å². The highest BCUT2D eigenvalue weighted by molar-refractivity contribution is 5.80. The third kappa shape index (κ3) is 4.20. The van der Waals surface area contributed by atoms with Crippen LogP contribution in [0.15, 0.2) is 42.7 Å². The third-order valence-corrected chi connectivity index (χ3v) is 4.13. The van der Waals surface area contributed by atoms with Crippen molar-refractivity contribution >= 4 is 5.91 Å². The number of methoxy groups -OCH3 is 1. The van der Waals surface area contributed by atoms with Crippen LogP contribution in [0.3, 0.4) is 0 Å². The highest BCUT2D eigenvalue weighted by Gasteiger charge is 2.33. The lowest BCUT2D eigenvalue weighted by Gasteiger charge is -2.22. The first kappa shape index (κ1) is 15.7. The summed E-state index contributed by atoms with van der Waals surface area (Å²) in [6.45, 7) is 2.48. The lowest BCUT2D eigenvalue weighted by Crippen LogP contribution is -2.35. The summed E-state index contributed by atoms with van der Waals surface area (Å²) >= 11 is 0. The molecule has 23 heavy (non-hydrogen) atoms. The second kappa shape index (κ2) is 7.42. The largest absolute Gasteiger partial charge is 0.383 e. The van der Waals surface area contributed by atoms with Gasteiger partial charge in [0.2, 0.25) is 5.91 Å². The summed E-state index contributed by atoms with van der Waals surface area (Å²) in [6, 6.07) is 10.3. The van der Waals surface area contributed by atoms with E-state index in [9.17, 15) is 4.79 Å². The van der Waals surface area contributed by atoms with Crippen LogP contribution in [0.25, 0.3) is 0 Å². The Morgan fingerprint density at radius 2 is 2.13 bits per heavy atom. The van der Waals surface area contributed by atoms with E-state index in [2.05, 4.69) is 21.7 Å². The molecule has 1 aromatic heterocycles. The average molecular weight is 313 g/mol. The van der Waals surface area contributed by atoms with Crippen molar-refractivity contribution in [2.24, 2.45) is 5.92 Å². The fourth-order valence-corrected chi connectivity index (χ4v) is 2.64. The van der Waals surface area contributed by atoms with Crippen molar-refractivity contribution in [1.82, 2.24) is 14.5 Å². The van der Waals surface area contributed by atoms with Gasteiger partial charge in [-0.2, -0.15) is 0 Å². The smallest absolute Gasteiger partial charge is 0.226 e. The molecule has 5 heteroatoms. The quantitative estimate of drug-likeness (QED) is 0.751. The molecule has 0 spiro atoms. The Kier molecular flexibility index (Phi) is 5.08. The molecule has 1 aromatic carbocycles. The summed E-state index contributed by atoms with van der Waals surface area (Å²) in [6.07, 6.45) is 5.80. The van der Waals surface area contributed by atoms with Gasteiger partial charge in [0.05, 0.1) is 13.2 Å². The maximum Gasteiger partial charge on any atom is 0.226 e. The molecular formula is C18H23N3O2. The molecule has 1 heterocycles. The highest BCUT2D eigenvalue weighted by Crippen LogP contribution is 2.31. The summed E-state index contributed by atoms with van der Waals surface area (Å²) in [7, 11) is 1.66. The van der Waals surface area contributed by atoms with Gasteiger partial charge in [-0.05, 0) is 18.4 Å². The second-order valence-electron chi connectivity index (χ2n) is 5.98. The van der Waals surface area contributed by atoms with E-state index in [1.165, 1.54) is 5.56 Å². The van der Waals surface area contributed by atoms with E-state index < -0.39 is 0 Å². The molecule has 0 radical (unpaired) electrons. The topological polar surface area (TPSA) is 47.4 Å². The van der Waals surface area contributed by atoms with Gasteiger partial charge >= 0.3 is 0 Å². The van der Waals surface area contributed by atoms with Crippen LogP contribution in [-0.2, 0) is 22.6 Å². The predicted molar refractivity (Wildman–Crippen MR) is 87.8 cm³/mol. The van der Waals surface area contributed by atoms with E-state index in [1.54, 1.807) is 13.3 Å². The minimum absolute atomic E-state index is 0.212. The molecule has 1 aliphatic carbocycles. The van der Waals surface area contributed by atoms with E-state index >= 15 is 0 Å². The van der Waals surface area contributed by atoms with Gasteiger partial charge in [0, 0.05) is 38.5 Å². The number of imidazole rings is 1. The number of ether oxygens (including phenoxy) is 1. The SMILES string of the molecule is COCCN(Cc1nccn1Cc1ccccc1)C(=O)C1CC1. The summed E-state index contributed by atoms with van der Waals surface area (Å²) in [5.74, 6) is 1.36. The molecule has 0 bridgehead atoms. The molecule has 5 nitrogen and oxygen atoms in total. The van der Waals surface area contributed by atoms with Crippen molar-refractivity contribution in [1.29, 1.82) is 0 Å². The first-order chi connectivity index (χ1) is 11.3. The molecule has 0 aliphatic heterocycles. The number of carbonyl (C=O) groups excluding carboxylic acids is 1. The van der Waals surface area contributed by atoms with Gasteiger partial charge in [0.25, 0.3) is 0 Å². The lowest BCUT2D eigenvalue weighted by atomic mass is 10.2. The Morgan fingerprint density at radius 3 is 2.83 bits per heavy atom. The minimum atomic E-state index is 0.212. The normalized spacial score (nSPS) is 14.0. The number of benzene rings is 1. The van der Waals surface area contributed by atoms with Gasteiger partial charge < -0.3 is 14.2 Å². The summed E-state index contributed by atoms with van der Waals surface area (Å²) < 4.78 is 7.25. The molecule has 1 aliphatic rings. The van der Waals surface area contributed by atoms with Crippen LogP contribution in [0.4, 0.5) is 0 Å². The van der Waals surface area contributed by atoms with Crippen molar-refractivity contribution < 1.29 is 9.53 Å². The molecule has 0 atom stereocenters. The van der Waals surface area contributed by atoms with Crippen LogP contribution in [0.5, 0.6) is 0 Å². The maximum absolute atomic E-state index is 12.4. The monoisotopic (exact) mass is 313 g/mol. The van der Waals surface area contributed by atoms with Crippen LogP contribution in [0.2, 0.25) is 0 Å². The zero-order chi connectivity index (χ0) is 16.1. The van der Waals surface area contributed by atoms with Crippen molar-refractivity contribution in [3.63, 3.8) is 0 Å². The summed E-state index contributed by atoms with van der Waals surface area (Å²) in [4.78, 5) is 18.8. The Bertz CT molecular complexity index is 635. The number of carbonyl (C=O) groups is 1. The molecule has 2 aromatic rings. The number of nitrogens with zero attached hydrogens (tertiary/aromatic N) is 3.